The van der Waals surface area contributed by atoms with E-state index in [4.69, 9.17) is 9.84 Å². The van der Waals surface area contributed by atoms with Gasteiger partial charge in [0.25, 0.3) is 0 Å². The van der Waals surface area contributed by atoms with E-state index in [-0.39, 0.29) is 5.75 Å². The molecule has 0 radical (unpaired) electrons. The van der Waals surface area contributed by atoms with Crippen LogP contribution in [0, 0.1) is 0 Å². The van der Waals surface area contributed by atoms with Gasteiger partial charge in [-0.05, 0) is 57.0 Å². The first-order chi connectivity index (χ1) is 10.9. The van der Waals surface area contributed by atoms with E-state index in [1.165, 1.54) is 12.1 Å². The summed E-state index contributed by atoms with van der Waals surface area (Å²) in [6.45, 7) is 1.77. The minimum absolute atomic E-state index is 0.199. The Labute approximate surface area is 132 Å². The number of hydrogen-bond acceptors (Lipinski definition) is 3. The predicted molar refractivity (Wildman–Crippen MR) is 78.4 cm³/mol. The first-order valence-corrected chi connectivity index (χ1v) is 7.65. The molecule has 1 fully saturated rings. The Morgan fingerprint density at radius 1 is 1.35 bits per heavy atom. The second-order valence-electron chi connectivity index (χ2n) is 5.61. The monoisotopic (exact) mass is 331 g/mol. The Morgan fingerprint density at radius 3 is 2.83 bits per heavy atom. The lowest BCUT2D eigenvalue weighted by atomic mass is 10.2. The van der Waals surface area contributed by atoms with Crippen LogP contribution in [-0.2, 0) is 11.0 Å². The molecule has 0 aliphatic carbocycles. The quantitative estimate of drug-likeness (QED) is 0.778. The molecule has 1 aliphatic heterocycles. The maximum absolute atomic E-state index is 12.6. The molecule has 7 heteroatoms. The summed E-state index contributed by atoms with van der Waals surface area (Å²) in [5, 5.41) is 9.07. The first kappa shape index (κ1) is 17.6. The molecule has 0 saturated carbocycles. The van der Waals surface area contributed by atoms with Crippen LogP contribution in [0.1, 0.15) is 31.2 Å². The third-order valence-electron chi connectivity index (χ3n) is 3.92. The Hall–Kier alpha value is -1.76. The zero-order valence-corrected chi connectivity index (χ0v) is 12.7. The number of carboxylic acid groups (broad SMARTS) is 1. The summed E-state index contributed by atoms with van der Waals surface area (Å²) in [5.74, 6) is -0.591. The van der Waals surface area contributed by atoms with Crippen molar-refractivity contribution in [3.63, 3.8) is 0 Å². The number of hydrogen-bond donors (Lipinski definition) is 1. The summed E-state index contributed by atoms with van der Waals surface area (Å²) in [4.78, 5) is 13.0. The van der Waals surface area contributed by atoms with Crippen molar-refractivity contribution in [1.82, 2.24) is 4.90 Å². The lowest BCUT2D eigenvalue weighted by molar-refractivity contribution is -0.142. The SMILES string of the molecule is O=C(O)[C@H]1CCCN1CCCCOc1cccc(C(F)(F)F)c1. The van der Waals surface area contributed by atoms with Gasteiger partial charge in [0.15, 0.2) is 0 Å². The zero-order valence-electron chi connectivity index (χ0n) is 12.7. The van der Waals surface area contributed by atoms with Gasteiger partial charge in [0.05, 0.1) is 12.2 Å². The molecule has 4 nitrogen and oxygen atoms in total. The largest absolute Gasteiger partial charge is 0.494 e. The Balaban J connectivity index is 1.71. The van der Waals surface area contributed by atoms with Gasteiger partial charge in [0.2, 0.25) is 0 Å². The average molecular weight is 331 g/mol. The molecule has 128 valence electrons. The summed E-state index contributed by atoms with van der Waals surface area (Å²) in [5.41, 5.74) is -0.726. The number of carboxylic acids is 1. The number of alkyl halides is 3. The van der Waals surface area contributed by atoms with Crippen LogP contribution in [0.5, 0.6) is 5.75 Å². The van der Waals surface area contributed by atoms with Gasteiger partial charge < -0.3 is 9.84 Å². The number of unbranched alkanes of at least 4 members (excludes halogenated alkanes) is 1. The Morgan fingerprint density at radius 2 is 2.13 bits per heavy atom. The van der Waals surface area contributed by atoms with Crippen LogP contribution in [0.3, 0.4) is 0 Å². The normalized spacial score (nSPS) is 19.0. The lowest BCUT2D eigenvalue weighted by Gasteiger charge is -2.20. The molecule has 23 heavy (non-hydrogen) atoms. The van der Waals surface area contributed by atoms with E-state index in [9.17, 15) is 18.0 Å². The summed E-state index contributed by atoms with van der Waals surface area (Å²) in [7, 11) is 0. The standard InChI is InChI=1S/C16H20F3NO3/c17-16(18,19)12-5-3-6-13(11-12)23-10-2-1-8-20-9-4-7-14(20)15(21)22/h3,5-6,11,14H,1-2,4,7-10H2,(H,21,22)/t14-/m1/s1. The molecule has 1 saturated heterocycles. The average Bonchev–Trinajstić information content (AvgIpc) is 2.95. The summed E-state index contributed by atoms with van der Waals surface area (Å²) in [6, 6.07) is 4.41. The molecule has 0 aromatic heterocycles. The number of ether oxygens (including phenoxy) is 1. The van der Waals surface area contributed by atoms with Crippen LogP contribution in [0.2, 0.25) is 0 Å². The molecular formula is C16H20F3NO3. The molecule has 1 heterocycles. The topological polar surface area (TPSA) is 49.8 Å². The number of likely N-dealkylation sites (tertiary alicyclic amines) is 1. The number of carbonyl (C=O) groups is 1. The van der Waals surface area contributed by atoms with Gasteiger partial charge in [-0.3, -0.25) is 9.69 Å². The van der Waals surface area contributed by atoms with Crippen LogP contribution in [0.15, 0.2) is 24.3 Å². The highest BCUT2D eigenvalue weighted by Gasteiger charge is 2.31. The van der Waals surface area contributed by atoms with Crippen molar-refractivity contribution < 1.29 is 27.8 Å². The van der Waals surface area contributed by atoms with Crippen LogP contribution < -0.4 is 4.74 Å². The molecule has 0 unspecified atom stereocenters. The highest BCUT2D eigenvalue weighted by Crippen LogP contribution is 2.31. The van der Waals surface area contributed by atoms with E-state index in [2.05, 4.69) is 0 Å². The number of nitrogens with zero attached hydrogens (tertiary/aromatic N) is 1. The van der Waals surface area contributed by atoms with Gasteiger partial charge in [-0.25, -0.2) is 0 Å². The van der Waals surface area contributed by atoms with E-state index in [0.717, 1.165) is 31.5 Å². The fourth-order valence-corrected chi connectivity index (χ4v) is 2.74. The van der Waals surface area contributed by atoms with Crippen LogP contribution in [0.25, 0.3) is 0 Å². The van der Waals surface area contributed by atoms with E-state index in [1.54, 1.807) is 0 Å². The molecule has 1 N–H and O–H groups in total. The highest BCUT2D eigenvalue weighted by atomic mass is 19.4. The van der Waals surface area contributed by atoms with E-state index < -0.39 is 23.8 Å². The molecule has 0 spiro atoms. The van der Waals surface area contributed by atoms with Gasteiger partial charge in [0, 0.05) is 0 Å². The molecular weight excluding hydrogens is 311 g/mol. The second kappa shape index (κ2) is 7.68. The lowest BCUT2D eigenvalue weighted by Crippen LogP contribution is -2.36. The van der Waals surface area contributed by atoms with Crippen molar-refractivity contribution in [2.75, 3.05) is 19.7 Å². The van der Waals surface area contributed by atoms with Crippen molar-refractivity contribution in [1.29, 1.82) is 0 Å². The molecule has 1 aromatic rings. The summed E-state index contributed by atoms with van der Waals surface area (Å²) in [6.07, 6.45) is -1.39. The third kappa shape index (κ3) is 5.13. The smallest absolute Gasteiger partial charge is 0.416 e. The maximum atomic E-state index is 12.6. The maximum Gasteiger partial charge on any atom is 0.416 e. The van der Waals surface area contributed by atoms with Crippen LogP contribution in [0.4, 0.5) is 13.2 Å². The minimum atomic E-state index is -4.37. The third-order valence-corrected chi connectivity index (χ3v) is 3.92. The van der Waals surface area contributed by atoms with Crippen molar-refractivity contribution in [2.45, 2.75) is 37.9 Å². The van der Waals surface area contributed by atoms with Gasteiger partial charge in [-0.2, -0.15) is 13.2 Å². The molecule has 1 aromatic carbocycles. The van der Waals surface area contributed by atoms with Gasteiger partial charge in [0.1, 0.15) is 11.8 Å². The number of halogens is 3. The second-order valence-corrected chi connectivity index (χ2v) is 5.61. The fraction of sp³-hybridized carbons (Fsp3) is 0.562. The Kier molecular flexibility index (Phi) is 5.87. The van der Waals surface area contributed by atoms with Gasteiger partial charge >= 0.3 is 12.1 Å². The van der Waals surface area contributed by atoms with Gasteiger partial charge in [-0.1, -0.05) is 6.07 Å². The predicted octanol–water partition coefficient (Wildman–Crippen LogP) is 3.41. The molecule has 0 bridgehead atoms. The number of benzene rings is 1. The molecule has 0 amide bonds. The van der Waals surface area contributed by atoms with Crippen molar-refractivity contribution in [3.8, 4) is 5.75 Å². The first-order valence-electron chi connectivity index (χ1n) is 7.65. The van der Waals surface area contributed by atoms with E-state index in [0.29, 0.717) is 26.0 Å². The number of aliphatic carboxylic acids is 1. The highest BCUT2D eigenvalue weighted by molar-refractivity contribution is 5.73. The number of rotatable bonds is 7. The zero-order chi connectivity index (χ0) is 16.9. The minimum Gasteiger partial charge on any atom is -0.494 e. The molecule has 1 aliphatic rings. The van der Waals surface area contributed by atoms with Crippen LogP contribution in [-0.4, -0.2) is 41.7 Å². The van der Waals surface area contributed by atoms with Crippen molar-refractivity contribution in [3.05, 3.63) is 29.8 Å². The molecule has 2 rings (SSSR count). The van der Waals surface area contributed by atoms with Crippen molar-refractivity contribution >= 4 is 5.97 Å². The Bertz CT molecular complexity index is 534. The molecule has 1 atom stereocenters. The van der Waals surface area contributed by atoms with Crippen molar-refractivity contribution in [2.24, 2.45) is 0 Å². The fourth-order valence-electron chi connectivity index (χ4n) is 2.74. The van der Waals surface area contributed by atoms with Gasteiger partial charge in [-0.15, -0.1) is 0 Å². The summed E-state index contributed by atoms with van der Waals surface area (Å²) >= 11 is 0. The summed E-state index contributed by atoms with van der Waals surface area (Å²) < 4.78 is 43.1. The van der Waals surface area contributed by atoms with Crippen LogP contribution >= 0.6 is 0 Å². The van der Waals surface area contributed by atoms with E-state index in [1.807, 2.05) is 4.90 Å². The van der Waals surface area contributed by atoms with E-state index >= 15 is 0 Å².